The molecular formula is C39H26N2O. The zero-order chi connectivity index (χ0) is 27.9. The van der Waals surface area contributed by atoms with Gasteiger partial charge in [0.25, 0.3) is 0 Å². The van der Waals surface area contributed by atoms with E-state index in [1.165, 1.54) is 33.0 Å². The molecule has 6 aromatic carbocycles. The Labute approximate surface area is 243 Å². The minimum atomic E-state index is 0.641. The molecule has 0 radical (unpaired) electrons. The van der Waals surface area contributed by atoms with Gasteiger partial charge in [0, 0.05) is 16.8 Å². The summed E-state index contributed by atoms with van der Waals surface area (Å²) < 4.78 is 6.07. The highest BCUT2D eigenvalue weighted by atomic mass is 16.3. The van der Waals surface area contributed by atoms with Crippen molar-refractivity contribution in [2.45, 2.75) is 0 Å². The summed E-state index contributed by atoms with van der Waals surface area (Å²) >= 11 is 0. The van der Waals surface area contributed by atoms with Crippen LogP contribution in [0, 0.1) is 0 Å². The van der Waals surface area contributed by atoms with E-state index in [1.807, 2.05) is 30.5 Å². The average molecular weight is 539 g/mol. The molecule has 0 unspecified atom stereocenters. The Kier molecular flexibility index (Phi) is 5.79. The summed E-state index contributed by atoms with van der Waals surface area (Å²) in [4.78, 5) is 7.08. The zero-order valence-corrected chi connectivity index (χ0v) is 22.8. The Morgan fingerprint density at radius 3 is 1.88 bits per heavy atom. The van der Waals surface area contributed by atoms with Gasteiger partial charge in [0.15, 0.2) is 0 Å². The summed E-state index contributed by atoms with van der Waals surface area (Å²) in [6.45, 7) is 0. The molecule has 0 atom stereocenters. The molecule has 3 heteroatoms. The van der Waals surface area contributed by atoms with E-state index in [-0.39, 0.29) is 0 Å². The standard InChI is InChI=1S/C39H26N2O/c1-3-11-27(12-4-1)28-19-21-31(22-20-28)41(33-25-37-35-17-9-10-18-38(35)42-39(37)40-26-33)32-23-30-15-7-8-16-34(30)36(24-32)29-13-5-2-6-14-29/h1-26H. The lowest BCUT2D eigenvalue weighted by Crippen LogP contribution is -2.10. The van der Waals surface area contributed by atoms with Gasteiger partial charge in [-0.15, -0.1) is 0 Å². The molecule has 3 nitrogen and oxygen atoms in total. The van der Waals surface area contributed by atoms with Crippen LogP contribution in [-0.4, -0.2) is 4.98 Å². The molecule has 0 aliphatic heterocycles. The molecule has 2 heterocycles. The lowest BCUT2D eigenvalue weighted by atomic mass is 9.96. The third kappa shape index (κ3) is 4.20. The van der Waals surface area contributed by atoms with Crippen molar-refractivity contribution < 1.29 is 4.42 Å². The van der Waals surface area contributed by atoms with Gasteiger partial charge in [0.05, 0.1) is 17.3 Å². The zero-order valence-electron chi connectivity index (χ0n) is 22.8. The highest BCUT2D eigenvalue weighted by Gasteiger charge is 2.18. The first kappa shape index (κ1) is 24.2. The molecule has 0 aliphatic rings. The van der Waals surface area contributed by atoms with Gasteiger partial charge in [0.1, 0.15) is 5.58 Å². The molecule has 8 aromatic rings. The molecular weight excluding hydrogens is 512 g/mol. The van der Waals surface area contributed by atoms with Crippen LogP contribution in [0.15, 0.2) is 162 Å². The largest absolute Gasteiger partial charge is 0.438 e. The molecule has 0 saturated carbocycles. The Balaban J connectivity index is 1.36. The first-order chi connectivity index (χ1) is 20.8. The highest BCUT2D eigenvalue weighted by Crippen LogP contribution is 2.42. The average Bonchev–Trinajstić information content (AvgIpc) is 3.44. The summed E-state index contributed by atoms with van der Waals surface area (Å²) in [5.41, 5.74) is 9.32. The third-order valence-electron chi connectivity index (χ3n) is 7.90. The van der Waals surface area contributed by atoms with E-state index in [9.17, 15) is 0 Å². The minimum Gasteiger partial charge on any atom is -0.438 e. The summed E-state index contributed by atoms with van der Waals surface area (Å²) in [5, 5.41) is 4.46. The predicted molar refractivity (Wildman–Crippen MR) is 175 cm³/mol. The van der Waals surface area contributed by atoms with Crippen LogP contribution in [0.3, 0.4) is 0 Å². The molecule has 8 rings (SSSR count). The van der Waals surface area contributed by atoms with Crippen molar-refractivity contribution in [1.82, 2.24) is 4.98 Å². The van der Waals surface area contributed by atoms with E-state index in [2.05, 4.69) is 132 Å². The third-order valence-corrected chi connectivity index (χ3v) is 7.90. The molecule has 0 amide bonds. The van der Waals surface area contributed by atoms with Crippen LogP contribution in [0.25, 0.3) is 55.1 Å². The Morgan fingerprint density at radius 2 is 1.10 bits per heavy atom. The van der Waals surface area contributed by atoms with E-state index in [0.717, 1.165) is 33.4 Å². The normalized spacial score (nSPS) is 11.3. The Hall–Kier alpha value is -5.67. The summed E-state index contributed by atoms with van der Waals surface area (Å²) in [7, 11) is 0. The Morgan fingerprint density at radius 1 is 0.452 bits per heavy atom. The van der Waals surface area contributed by atoms with Gasteiger partial charge in [-0.05, 0) is 69.4 Å². The van der Waals surface area contributed by atoms with E-state index < -0.39 is 0 Å². The fraction of sp³-hybridized carbons (Fsp3) is 0. The van der Waals surface area contributed by atoms with Gasteiger partial charge in [-0.2, -0.15) is 0 Å². The maximum Gasteiger partial charge on any atom is 0.227 e. The predicted octanol–water partition coefficient (Wildman–Crippen LogP) is 10.9. The molecule has 0 fully saturated rings. The number of hydrogen-bond donors (Lipinski definition) is 0. The van der Waals surface area contributed by atoms with Crippen molar-refractivity contribution in [3.05, 3.63) is 158 Å². The van der Waals surface area contributed by atoms with E-state index in [4.69, 9.17) is 9.40 Å². The fourth-order valence-corrected chi connectivity index (χ4v) is 5.88. The lowest BCUT2D eigenvalue weighted by molar-refractivity contribution is 0.654. The van der Waals surface area contributed by atoms with Crippen molar-refractivity contribution in [3.63, 3.8) is 0 Å². The van der Waals surface area contributed by atoms with Crippen LogP contribution < -0.4 is 4.90 Å². The molecule has 0 saturated heterocycles. The van der Waals surface area contributed by atoms with Crippen LogP contribution in [0.1, 0.15) is 0 Å². The molecule has 0 spiro atoms. The monoisotopic (exact) mass is 538 g/mol. The van der Waals surface area contributed by atoms with Crippen LogP contribution in [0.5, 0.6) is 0 Å². The van der Waals surface area contributed by atoms with E-state index in [1.54, 1.807) is 0 Å². The van der Waals surface area contributed by atoms with E-state index >= 15 is 0 Å². The van der Waals surface area contributed by atoms with Crippen molar-refractivity contribution in [1.29, 1.82) is 0 Å². The van der Waals surface area contributed by atoms with Crippen molar-refractivity contribution in [2.24, 2.45) is 0 Å². The first-order valence-corrected chi connectivity index (χ1v) is 14.1. The second-order valence-corrected chi connectivity index (χ2v) is 10.5. The molecule has 198 valence electrons. The van der Waals surface area contributed by atoms with Crippen LogP contribution in [0.4, 0.5) is 17.1 Å². The number of rotatable bonds is 5. The van der Waals surface area contributed by atoms with Gasteiger partial charge >= 0.3 is 0 Å². The summed E-state index contributed by atoms with van der Waals surface area (Å²) in [5.74, 6) is 0. The van der Waals surface area contributed by atoms with Crippen molar-refractivity contribution in [2.75, 3.05) is 4.90 Å². The van der Waals surface area contributed by atoms with Crippen LogP contribution >= 0.6 is 0 Å². The number of furan rings is 1. The second kappa shape index (κ2) is 10.1. The number of nitrogens with zero attached hydrogens (tertiary/aromatic N) is 2. The molecule has 0 bridgehead atoms. The number of aromatic nitrogens is 1. The van der Waals surface area contributed by atoms with Crippen molar-refractivity contribution >= 4 is 49.9 Å². The number of pyridine rings is 1. The maximum absolute atomic E-state index is 6.07. The smallest absolute Gasteiger partial charge is 0.227 e. The SMILES string of the molecule is c1ccc(-c2ccc(N(c3cc(-c4ccccc4)c4ccccc4c3)c3cnc4oc5ccccc5c4c3)cc2)cc1. The van der Waals surface area contributed by atoms with E-state index in [0.29, 0.717) is 5.71 Å². The fourth-order valence-electron chi connectivity index (χ4n) is 5.88. The maximum atomic E-state index is 6.07. The number of benzene rings is 6. The van der Waals surface area contributed by atoms with Gasteiger partial charge in [0.2, 0.25) is 5.71 Å². The highest BCUT2D eigenvalue weighted by molar-refractivity contribution is 6.06. The molecule has 42 heavy (non-hydrogen) atoms. The van der Waals surface area contributed by atoms with Crippen LogP contribution in [0.2, 0.25) is 0 Å². The summed E-state index contributed by atoms with van der Waals surface area (Å²) in [6, 6.07) is 53.3. The number of fused-ring (bicyclic) bond motifs is 4. The van der Waals surface area contributed by atoms with Gasteiger partial charge in [-0.25, -0.2) is 4.98 Å². The molecule has 2 aromatic heterocycles. The minimum absolute atomic E-state index is 0.641. The number of hydrogen-bond acceptors (Lipinski definition) is 3. The quantitative estimate of drug-likeness (QED) is 0.218. The number of para-hydroxylation sites is 1. The lowest BCUT2D eigenvalue weighted by Gasteiger charge is -2.26. The van der Waals surface area contributed by atoms with Gasteiger partial charge < -0.3 is 9.32 Å². The van der Waals surface area contributed by atoms with Crippen molar-refractivity contribution in [3.8, 4) is 22.3 Å². The Bertz CT molecular complexity index is 2180. The van der Waals surface area contributed by atoms with Gasteiger partial charge in [-0.1, -0.05) is 115 Å². The topological polar surface area (TPSA) is 29.3 Å². The molecule has 0 N–H and O–H groups in total. The number of anilines is 3. The first-order valence-electron chi connectivity index (χ1n) is 14.1. The van der Waals surface area contributed by atoms with Gasteiger partial charge in [-0.3, -0.25) is 0 Å². The second-order valence-electron chi connectivity index (χ2n) is 10.5. The molecule has 0 aliphatic carbocycles. The van der Waals surface area contributed by atoms with Crippen LogP contribution in [-0.2, 0) is 0 Å². The summed E-state index contributed by atoms with van der Waals surface area (Å²) in [6.07, 6.45) is 1.91.